The molecule has 0 saturated carbocycles. The van der Waals surface area contributed by atoms with Crippen molar-refractivity contribution in [1.29, 1.82) is 0 Å². The average molecular weight is 250 g/mol. The molecule has 0 spiro atoms. The second kappa shape index (κ2) is 5.70. The van der Waals surface area contributed by atoms with Gasteiger partial charge in [0, 0.05) is 11.6 Å². The van der Waals surface area contributed by atoms with E-state index < -0.39 is 0 Å². The van der Waals surface area contributed by atoms with Crippen LogP contribution in [0.15, 0.2) is 24.3 Å². The van der Waals surface area contributed by atoms with Crippen LogP contribution in [0, 0.1) is 5.92 Å². The van der Waals surface area contributed by atoms with Crippen molar-refractivity contribution >= 4 is 17.2 Å². The van der Waals surface area contributed by atoms with Gasteiger partial charge in [0.15, 0.2) is 0 Å². The van der Waals surface area contributed by atoms with E-state index in [0.29, 0.717) is 0 Å². The highest BCUT2D eigenvalue weighted by molar-refractivity contribution is 6.31. The van der Waals surface area contributed by atoms with E-state index in [-0.39, 0.29) is 0 Å². The standard InChI is InChI=1S/C15H20ClN/c1-11-3-5-12(6-4-11)13-7-8-15(16)14(9-13)10-17-2/h5,7-9,11,17H,3-4,6,10H2,1-2H3. The van der Waals surface area contributed by atoms with Crippen LogP contribution in [-0.2, 0) is 6.54 Å². The van der Waals surface area contributed by atoms with Crippen molar-refractivity contribution in [3.63, 3.8) is 0 Å². The number of nitrogens with one attached hydrogen (secondary N) is 1. The van der Waals surface area contributed by atoms with E-state index in [1.54, 1.807) is 0 Å². The Labute approximate surface area is 109 Å². The molecule has 1 aromatic rings. The Bertz CT molecular complexity index is 423. The topological polar surface area (TPSA) is 12.0 Å². The lowest BCUT2D eigenvalue weighted by atomic mass is 9.87. The van der Waals surface area contributed by atoms with E-state index in [9.17, 15) is 0 Å². The third kappa shape index (κ3) is 3.11. The molecule has 1 aromatic carbocycles. The minimum atomic E-state index is 0.830. The zero-order chi connectivity index (χ0) is 12.3. The quantitative estimate of drug-likeness (QED) is 0.844. The Morgan fingerprint density at radius 2 is 2.24 bits per heavy atom. The zero-order valence-electron chi connectivity index (χ0n) is 10.6. The number of rotatable bonds is 3. The third-order valence-electron chi connectivity index (χ3n) is 3.46. The summed E-state index contributed by atoms with van der Waals surface area (Å²) in [5.74, 6) is 0.836. The lowest BCUT2D eigenvalue weighted by Gasteiger charge is -2.19. The van der Waals surface area contributed by atoms with Crippen molar-refractivity contribution < 1.29 is 0 Å². The summed E-state index contributed by atoms with van der Waals surface area (Å²) >= 11 is 6.18. The van der Waals surface area contributed by atoms with Gasteiger partial charge in [0.2, 0.25) is 0 Å². The molecular formula is C15H20ClN. The van der Waals surface area contributed by atoms with Gasteiger partial charge in [-0.3, -0.25) is 0 Å². The number of benzene rings is 1. The van der Waals surface area contributed by atoms with Crippen molar-refractivity contribution in [2.24, 2.45) is 5.92 Å². The summed E-state index contributed by atoms with van der Waals surface area (Å²) in [7, 11) is 1.95. The summed E-state index contributed by atoms with van der Waals surface area (Å²) in [5, 5.41) is 4.01. The molecule has 1 atom stereocenters. The SMILES string of the molecule is CNCc1cc(C2=CCC(C)CC2)ccc1Cl. The highest BCUT2D eigenvalue weighted by Crippen LogP contribution is 2.31. The number of halogens is 1. The highest BCUT2D eigenvalue weighted by Gasteiger charge is 2.12. The molecule has 1 unspecified atom stereocenters. The minimum Gasteiger partial charge on any atom is -0.316 e. The minimum absolute atomic E-state index is 0.830. The molecule has 0 amide bonds. The predicted molar refractivity (Wildman–Crippen MR) is 75.2 cm³/mol. The molecule has 1 aliphatic rings. The predicted octanol–water partition coefficient (Wildman–Crippen LogP) is 4.26. The molecule has 17 heavy (non-hydrogen) atoms. The van der Waals surface area contributed by atoms with Crippen LogP contribution in [0.4, 0.5) is 0 Å². The van der Waals surface area contributed by atoms with Gasteiger partial charge < -0.3 is 5.32 Å². The first-order valence-electron chi connectivity index (χ1n) is 6.33. The van der Waals surface area contributed by atoms with Gasteiger partial charge in [-0.1, -0.05) is 30.7 Å². The average Bonchev–Trinajstić information content (AvgIpc) is 2.33. The summed E-state index contributed by atoms with van der Waals surface area (Å²) in [6.45, 7) is 3.15. The summed E-state index contributed by atoms with van der Waals surface area (Å²) in [6, 6.07) is 6.38. The fraction of sp³-hybridized carbons (Fsp3) is 0.467. The maximum absolute atomic E-state index is 6.18. The first kappa shape index (κ1) is 12.7. The van der Waals surface area contributed by atoms with Crippen LogP contribution in [0.3, 0.4) is 0 Å². The fourth-order valence-electron chi connectivity index (χ4n) is 2.33. The fourth-order valence-corrected chi connectivity index (χ4v) is 2.51. The Morgan fingerprint density at radius 1 is 1.41 bits per heavy atom. The molecule has 1 nitrogen and oxygen atoms in total. The van der Waals surface area contributed by atoms with Gasteiger partial charge in [0.25, 0.3) is 0 Å². The van der Waals surface area contributed by atoms with Crippen molar-refractivity contribution in [2.75, 3.05) is 7.05 Å². The van der Waals surface area contributed by atoms with Crippen molar-refractivity contribution in [1.82, 2.24) is 5.32 Å². The van der Waals surface area contributed by atoms with E-state index in [4.69, 9.17) is 11.6 Å². The van der Waals surface area contributed by atoms with Crippen LogP contribution in [0.1, 0.15) is 37.3 Å². The van der Waals surface area contributed by atoms with E-state index in [1.165, 1.54) is 36.0 Å². The molecule has 0 bridgehead atoms. The number of hydrogen-bond acceptors (Lipinski definition) is 1. The molecule has 1 N–H and O–H groups in total. The van der Waals surface area contributed by atoms with Gasteiger partial charge in [-0.15, -0.1) is 0 Å². The Morgan fingerprint density at radius 3 is 2.88 bits per heavy atom. The first-order chi connectivity index (χ1) is 8.20. The van der Waals surface area contributed by atoms with E-state index in [2.05, 4.69) is 30.4 Å². The highest BCUT2D eigenvalue weighted by atomic mass is 35.5. The molecule has 1 aliphatic carbocycles. The monoisotopic (exact) mass is 249 g/mol. The van der Waals surface area contributed by atoms with E-state index in [1.807, 2.05) is 13.1 Å². The zero-order valence-corrected chi connectivity index (χ0v) is 11.3. The summed E-state index contributed by atoms with van der Waals surface area (Å²) in [6.07, 6.45) is 6.09. The van der Waals surface area contributed by atoms with Crippen LogP contribution in [0.5, 0.6) is 0 Å². The third-order valence-corrected chi connectivity index (χ3v) is 3.83. The van der Waals surface area contributed by atoms with Crippen molar-refractivity contribution in [3.05, 3.63) is 40.4 Å². The van der Waals surface area contributed by atoms with Crippen LogP contribution in [-0.4, -0.2) is 7.05 Å². The maximum atomic E-state index is 6.18. The van der Waals surface area contributed by atoms with Crippen LogP contribution in [0.2, 0.25) is 5.02 Å². The smallest absolute Gasteiger partial charge is 0.0451 e. The summed E-state index contributed by atoms with van der Waals surface area (Å²) in [5.41, 5.74) is 4.01. The molecular weight excluding hydrogens is 230 g/mol. The number of allylic oxidation sites excluding steroid dienone is 2. The lowest BCUT2D eigenvalue weighted by molar-refractivity contribution is 0.534. The van der Waals surface area contributed by atoms with Crippen LogP contribution >= 0.6 is 11.6 Å². The molecule has 0 fully saturated rings. The Balaban J connectivity index is 2.24. The summed E-state index contributed by atoms with van der Waals surface area (Å²) in [4.78, 5) is 0. The van der Waals surface area contributed by atoms with Gasteiger partial charge >= 0.3 is 0 Å². The first-order valence-corrected chi connectivity index (χ1v) is 6.71. The molecule has 0 aliphatic heterocycles. The second-order valence-corrected chi connectivity index (χ2v) is 5.35. The van der Waals surface area contributed by atoms with Gasteiger partial charge in [-0.25, -0.2) is 0 Å². The largest absolute Gasteiger partial charge is 0.316 e. The molecule has 0 radical (unpaired) electrons. The second-order valence-electron chi connectivity index (χ2n) is 4.95. The molecule has 92 valence electrons. The lowest BCUT2D eigenvalue weighted by Crippen LogP contribution is -2.06. The van der Waals surface area contributed by atoms with Gasteiger partial charge in [0.05, 0.1) is 0 Å². The van der Waals surface area contributed by atoms with Crippen molar-refractivity contribution in [2.45, 2.75) is 32.7 Å². The van der Waals surface area contributed by atoms with Crippen LogP contribution < -0.4 is 5.32 Å². The van der Waals surface area contributed by atoms with Gasteiger partial charge in [-0.05, 0) is 61.1 Å². The van der Waals surface area contributed by atoms with Crippen molar-refractivity contribution in [3.8, 4) is 0 Å². The molecule has 2 rings (SSSR count). The molecule has 0 aromatic heterocycles. The maximum Gasteiger partial charge on any atom is 0.0451 e. The van der Waals surface area contributed by atoms with Crippen LogP contribution in [0.25, 0.3) is 5.57 Å². The normalized spacial score (nSPS) is 20.2. The Hall–Kier alpha value is -0.790. The number of hydrogen-bond donors (Lipinski definition) is 1. The van der Waals surface area contributed by atoms with Gasteiger partial charge in [0.1, 0.15) is 0 Å². The molecule has 0 heterocycles. The van der Waals surface area contributed by atoms with E-state index >= 15 is 0 Å². The van der Waals surface area contributed by atoms with Gasteiger partial charge in [-0.2, -0.15) is 0 Å². The Kier molecular flexibility index (Phi) is 4.25. The molecule has 0 saturated heterocycles. The summed E-state index contributed by atoms with van der Waals surface area (Å²) < 4.78 is 0. The molecule has 2 heteroatoms. The van der Waals surface area contributed by atoms with E-state index in [0.717, 1.165) is 17.5 Å².